The van der Waals surface area contributed by atoms with Crippen molar-refractivity contribution in [3.8, 4) is 5.75 Å². The number of nitrogens with zero attached hydrogens (tertiary/aromatic N) is 2. The molecule has 5 heteroatoms. The molecule has 0 unspecified atom stereocenters. The quantitative estimate of drug-likeness (QED) is 0.608. The summed E-state index contributed by atoms with van der Waals surface area (Å²) < 4.78 is 5.25. The van der Waals surface area contributed by atoms with Crippen LogP contribution in [0.2, 0.25) is 0 Å². The second-order valence-electron chi connectivity index (χ2n) is 6.32. The molecule has 2 heterocycles. The van der Waals surface area contributed by atoms with Gasteiger partial charge in [0.15, 0.2) is 0 Å². The van der Waals surface area contributed by atoms with E-state index in [1.807, 2.05) is 48.5 Å². The average Bonchev–Trinajstić information content (AvgIpc) is 3.05. The van der Waals surface area contributed by atoms with Crippen LogP contribution in [-0.4, -0.2) is 34.9 Å². The molecule has 0 aliphatic carbocycles. The molecule has 130 valence electrons. The molecule has 2 aromatic heterocycles. The first-order valence-corrected chi connectivity index (χ1v) is 8.39. The summed E-state index contributed by atoms with van der Waals surface area (Å²) in [7, 11) is 3.44. The molecule has 0 aliphatic rings. The van der Waals surface area contributed by atoms with Gasteiger partial charge in [0, 0.05) is 41.6 Å². The van der Waals surface area contributed by atoms with Gasteiger partial charge in [-0.3, -0.25) is 9.78 Å². The molecule has 0 aliphatic heterocycles. The number of ether oxygens (including phenoxy) is 1. The normalized spacial score (nSPS) is 11.0. The van der Waals surface area contributed by atoms with E-state index >= 15 is 0 Å². The Balaban J connectivity index is 1.61. The largest absolute Gasteiger partial charge is 0.497 e. The summed E-state index contributed by atoms with van der Waals surface area (Å²) in [5, 5.41) is 2.20. The number of hydrogen-bond acceptors (Lipinski definition) is 3. The van der Waals surface area contributed by atoms with Crippen molar-refractivity contribution in [1.82, 2.24) is 14.9 Å². The van der Waals surface area contributed by atoms with Gasteiger partial charge >= 0.3 is 0 Å². The molecule has 5 nitrogen and oxygen atoms in total. The molecule has 4 rings (SSSR count). The Labute approximate surface area is 151 Å². The first kappa shape index (κ1) is 16.1. The minimum atomic E-state index is -0.0218. The Morgan fingerprint density at radius 1 is 1.12 bits per heavy atom. The van der Waals surface area contributed by atoms with Gasteiger partial charge in [-0.05, 0) is 35.9 Å². The molecule has 26 heavy (non-hydrogen) atoms. The molecule has 0 atom stereocenters. The number of pyridine rings is 1. The highest BCUT2D eigenvalue weighted by Gasteiger charge is 2.14. The van der Waals surface area contributed by atoms with Gasteiger partial charge in [-0.25, -0.2) is 0 Å². The fourth-order valence-corrected chi connectivity index (χ4v) is 3.23. The topological polar surface area (TPSA) is 58.2 Å². The summed E-state index contributed by atoms with van der Waals surface area (Å²) in [5.41, 5.74) is 3.59. The molecule has 0 saturated carbocycles. The number of fused-ring (bicyclic) bond motifs is 3. The average molecular weight is 345 g/mol. The van der Waals surface area contributed by atoms with Crippen LogP contribution in [0.1, 0.15) is 15.9 Å². The van der Waals surface area contributed by atoms with E-state index in [1.54, 1.807) is 31.5 Å². The molecule has 0 radical (unpaired) electrons. The van der Waals surface area contributed by atoms with E-state index in [2.05, 4.69) is 9.97 Å². The molecule has 0 spiro atoms. The van der Waals surface area contributed by atoms with Crippen LogP contribution in [0.15, 0.2) is 60.9 Å². The molecular formula is C21H19N3O2. The number of carbonyl (C=O) groups is 1. The van der Waals surface area contributed by atoms with Crippen molar-refractivity contribution in [2.75, 3.05) is 14.2 Å². The molecular weight excluding hydrogens is 326 g/mol. The van der Waals surface area contributed by atoms with Gasteiger partial charge in [0.05, 0.1) is 18.8 Å². The lowest BCUT2D eigenvalue weighted by atomic mass is 10.1. The predicted molar refractivity (Wildman–Crippen MR) is 102 cm³/mol. The third-order valence-corrected chi connectivity index (χ3v) is 4.55. The number of H-pyrrole nitrogens is 1. The van der Waals surface area contributed by atoms with E-state index in [-0.39, 0.29) is 5.91 Å². The highest BCUT2D eigenvalue weighted by Crippen LogP contribution is 2.25. The Bertz CT molecular complexity index is 1100. The highest BCUT2D eigenvalue weighted by molar-refractivity contribution is 6.09. The Morgan fingerprint density at radius 3 is 2.81 bits per heavy atom. The summed E-state index contributed by atoms with van der Waals surface area (Å²) in [4.78, 5) is 22.0. The fourth-order valence-electron chi connectivity index (χ4n) is 3.23. The highest BCUT2D eigenvalue weighted by atomic mass is 16.5. The number of methoxy groups -OCH3 is 1. The second-order valence-corrected chi connectivity index (χ2v) is 6.32. The van der Waals surface area contributed by atoms with Crippen molar-refractivity contribution >= 4 is 27.7 Å². The standard InChI is InChI=1S/C21H19N3O2/c1-24(13-14-4-3-5-16(10-14)26-2)21(25)15-6-7-17-18-8-9-22-12-20(18)23-19(17)11-15/h3-12,23H,13H2,1-2H3. The molecule has 0 saturated heterocycles. The van der Waals surface area contributed by atoms with Gasteiger partial charge in [0.1, 0.15) is 5.75 Å². The third kappa shape index (κ3) is 2.88. The van der Waals surface area contributed by atoms with Gasteiger partial charge < -0.3 is 14.6 Å². The first-order valence-electron chi connectivity index (χ1n) is 8.39. The summed E-state index contributed by atoms with van der Waals surface area (Å²) in [6, 6.07) is 15.5. The minimum Gasteiger partial charge on any atom is -0.497 e. The molecule has 0 bridgehead atoms. The van der Waals surface area contributed by atoms with E-state index in [9.17, 15) is 4.79 Å². The van der Waals surface area contributed by atoms with Crippen molar-refractivity contribution in [3.05, 3.63) is 72.1 Å². The summed E-state index contributed by atoms with van der Waals surface area (Å²) in [5.74, 6) is 0.767. The number of hydrogen-bond donors (Lipinski definition) is 1. The zero-order chi connectivity index (χ0) is 18.1. The maximum Gasteiger partial charge on any atom is 0.253 e. The van der Waals surface area contributed by atoms with Crippen LogP contribution in [0.3, 0.4) is 0 Å². The van der Waals surface area contributed by atoms with Crippen LogP contribution < -0.4 is 4.74 Å². The van der Waals surface area contributed by atoms with Gasteiger partial charge in [-0.2, -0.15) is 0 Å². The Hall–Kier alpha value is -3.34. The number of aromatic amines is 1. The summed E-state index contributed by atoms with van der Waals surface area (Å²) in [6.45, 7) is 0.519. The van der Waals surface area contributed by atoms with E-state index in [1.165, 1.54) is 0 Å². The number of carbonyl (C=O) groups excluding carboxylic acids is 1. The summed E-state index contributed by atoms with van der Waals surface area (Å²) >= 11 is 0. The predicted octanol–water partition coefficient (Wildman–Crippen LogP) is 4.00. The zero-order valence-corrected chi connectivity index (χ0v) is 14.7. The van der Waals surface area contributed by atoms with Crippen LogP contribution >= 0.6 is 0 Å². The molecule has 4 aromatic rings. The molecule has 2 aromatic carbocycles. The number of rotatable bonds is 4. The van der Waals surface area contributed by atoms with Crippen molar-refractivity contribution < 1.29 is 9.53 Å². The fraction of sp³-hybridized carbons (Fsp3) is 0.143. The van der Waals surface area contributed by atoms with Crippen molar-refractivity contribution in [2.45, 2.75) is 6.54 Å². The lowest BCUT2D eigenvalue weighted by Crippen LogP contribution is -2.26. The number of amides is 1. The van der Waals surface area contributed by atoms with Gasteiger partial charge in [0.2, 0.25) is 0 Å². The maximum absolute atomic E-state index is 12.8. The van der Waals surface area contributed by atoms with Gasteiger partial charge in [0.25, 0.3) is 5.91 Å². The zero-order valence-electron chi connectivity index (χ0n) is 14.7. The smallest absolute Gasteiger partial charge is 0.253 e. The van der Waals surface area contributed by atoms with Crippen LogP contribution in [0, 0.1) is 0 Å². The van der Waals surface area contributed by atoms with Crippen molar-refractivity contribution in [2.24, 2.45) is 0 Å². The van der Waals surface area contributed by atoms with Crippen LogP contribution in [0.25, 0.3) is 21.8 Å². The Morgan fingerprint density at radius 2 is 1.96 bits per heavy atom. The molecule has 1 N–H and O–H groups in total. The SMILES string of the molecule is COc1cccc(CN(C)C(=O)c2ccc3c(c2)[nH]c2cnccc23)c1. The Kier molecular flexibility index (Phi) is 4.05. The van der Waals surface area contributed by atoms with Gasteiger partial charge in [-0.1, -0.05) is 18.2 Å². The van der Waals surface area contributed by atoms with Gasteiger partial charge in [-0.15, -0.1) is 0 Å². The second kappa shape index (κ2) is 6.52. The van der Waals surface area contributed by atoms with Crippen LogP contribution in [-0.2, 0) is 6.54 Å². The first-order chi connectivity index (χ1) is 12.7. The van der Waals surface area contributed by atoms with Crippen molar-refractivity contribution in [3.63, 3.8) is 0 Å². The molecule has 0 fully saturated rings. The lowest BCUT2D eigenvalue weighted by Gasteiger charge is -2.18. The summed E-state index contributed by atoms with van der Waals surface area (Å²) in [6.07, 6.45) is 3.57. The monoisotopic (exact) mass is 345 g/mol. The third-order valence-electron chi connectivity index (χ3n) is 4.55. The number of aromatic nitrogens is 2. The number of nitrogens with one attached hydrogen (secondary N) is 1. The molecule has 1 amide bonds. The van der Waals surface area contributed by atoms with E-state index < -0.39 is 0 Å². The van der Waals surface area contributed by atoms with Crippen LogP contribution in [0.5, 0.6) is 5.75 Å². The van der Waals surface area contributed by atoms with Crippen LogP contribution in [0.4, 0.5) is 0 Å². The van der Waals surface area contributed by atoms with E-state index in [0.29, 0.717) is 12.1 Å². The van der Waals surface area contributed by atoms with E-state index in [4.69, 9.17) is 4.74 Å². The van der Waals surface area contributed by atoms with E-state index in [0.717, 1.165) is 33.1 Å². The maximum atomic E-state index is 12.8. The number of benzene rings is 2. The minimum absolute atomic E-state index is 0.0218. The van der Waals surface area contributed by atoms with Crippen molar-refractivity contribution in [1.29, 1.82) is 0 Å². The lowest BCUT2D eigenvalue weighted by molar-refractivity contribution is 0.0785.